The summed E-state index contributed by atoms with van der Waals surface area (Å²) in [6, 6.07) is 2.54. The van der Waals surface area contributed by atoms with Crippen molar-refractivity contribution >= 4 is 40.5 Å². The highest BCUT2D eigenvalue weighted by atomic mass is 32.1. The number of carbonyl (C=O) groups excluding carboxylic acids is 1. The van der Waals surface area contributed by atoms with E-state index in [9.17, 15) is 23.5 Å². The van der Waals surface area contributed by atoms with Crippen molar-refractivity contribution in [3.05, 3.63) is 23.2 Å². The summed E-state index contributed by atoms with van der Waals surface area (Å²) >= 11 is 1.36. The smallest absolute Gasteiger partial charge is 0.465 e. The molecular weight excluding hydrogens is 486 g/mol. The third-order valence-corrected chi connectivity index (χ3v) is 7.06. The average molecular weight is 509 g/mol. The number of anilines is 1. The van der Waals surface area contributed by atoms with E-state index in [4.69, 9.17) is 9.15 Å². The number of alkyl halides is 2. The maximum absolute atomic E-state index is 14.4. The Kier molecular flexibility index (Phi) is 5.74. The molecule has 2 aromatic heterocycles. The monoisotopic (exact) mass is 508 g/mol. The Hall–Kier alpha value is -3.48. The molecule has 2 bridgehead atoms. The number of piperazine rings is 1. The molecule has 3 aromatic rings. The normalized spacial score (nSPS) is 19.9. The van der Waals surface area contributed by atoms with Crippen LogP contribution < -0.4 is 9.64 Å². The van der Waals surface area contributed by atoms with Crippen LogP contribution >= 0.6 is 11.3 Å². The number of hydrogen-bond acceptors (Lipinski definition) is 9. The Morgan fingerprint density at radius 1 is 1.26 bits per heavy atom. The Bertz CT molecular complexity index is 1280. The van der Waals surface area contributed by atoms with Crippen molar-refractivity contribution in [1.82, 2.24) is 14.9 Å². The maximum Gasteiger partial charge on any atom is 0.502 e. The molecule has 186 valence electrons. The zero-order valence-electron chi connectivity index (χ0n) is 18.9. The molecule has 0 radical (unpaired) electrons. The van der Waals surface area contributed by atoms with Crippen molar-refractivity contribution in [2.24, 2.45) is 0 Å². The number of amides is 1. The number of oxazole rings is 1. The van der Waals surface area contributed by atoms with Crippen molar-refractivity contribution in [3.8, 4) is 16.3 Å². The first-order valence-corrected chi connectivity index (χ1v) is 11.9. The number of thiazole rings is 1. The van der Waals surface area contributed by atoms with Gasteiger partial charge in [-0.3, -0.25) is 4.90 Å². The fourth-order valence-electron chi connectivity index (χ4n) is 4.60. The van der Waals surface area contributed by atoms with Crippen molar-refractivity contribution in [3.63, 3.8) is 0 Å². The second-order valence-corrected chi connectivity index (χ2v) is 9.26. The molecule has 2 saturated heterocycles. The lowest BCUT2D eigenvalue weighted by atomic mass is 10.2. The molecule has 35 heavy (non-hydrogen) atoms. The van der Waals surface area contributed by atoms with Crippen molar-refractivity contribution in [2.45, 2.75) is 44.9 Å². The molecule has 0 aliphatic carbocycles. The van der Waals surface area contributed by atoms with E-state index >= 15 is 0 Å². The van der Waals surface area contributed by atoms with Crippen LogP contribution in [0, 0.1) is 6.92 Å². The van der Waals surface area contributed by atoms with Crippen LogP contribution in [-0.2, 0) is 9.53 Å². The number of carbonyl (C=O) groups is 2. The highest BCUT2D eigenvalue weighted by molar-refractivity contribution is 7.13. The molecule has 1 aromatic carbocycles. The Balaban J connectivity index is 1.55. The first kappa shape index (κ1) is 23.3. The zero-order valence-corrected chi connectivity index (χ0v) is 19.7. The van der Waals surface area contributed by atoms with Crippen LogP contribution in [0.4, 0.5) is 19.6 Å². The van der Waals surface area contributed by atoms with Crippen LogP contribution in [0.15, 0.2) is 21.9 Å². The van der Waals surface area contributed by atoms with E-state index in [-0.39, 0.29) is 41.6 Å². The van der Waals surface area contributed by atoms with Gasteiger partial charge in [0.1, 0.15) is 5.01 Å². The number of fused-ring (bicyclic) bond motifs is 3. The third-order valence-electron chi connectivity index (χ3n) is 6.07. The molecule has 1 amide bonds. The van der Waals surface area contributed by atoms with Gasteiger partial charge in [-0.2, -0.15) is 13.8 Å². The molecule has 2 aliphatic heterocycles. The SMILES string of the molecule is CCOC(=O)C(F)(F)Oc1ccc(-c2nc(C)cs2)c2oc(N3CC4CCC(C3)N4C(=O)O)nc12. The van der Waals surface area contributed by atoms with Gasteiger partial charge in [0.2, 0.25) is 0 Å². The van der Waals surface area contributed by atoms with Gasteiger partial charge in [-0.05, 0) is 38.8 Å². The van der Waals surface area contributed by atoms with Crippen LogP contribution in [0.5, 0.6) is 5.75 Å². The van der Waals surface area contributed by atoms with Crippen molar-refractivity contribution in [2.75, 3.05) is 24.6 Å². The van der Waals surface area contributed by atoms with Gasteiger partial charge < -0.3 is 23.9 Å². The quantitative estimate of drug-likeness (QED) is 0.491. The number of esters is 1. The second kappa shape index (κ2) is 8.63. The van der Waals surface area contributed by atoms with E-state index in [2.05, 4.69) is 14.7 Å². The van der Waals surface area contributed by atoms with E-state index in [1.807, 2.05) is 17.2 Å². The van der Waals surface area contributed by atoms with Gasteiger partial charge in [0.15, 0.2) is 16.8 Å². The summed E-state index contributed by atoms with van der Waals surface area (Å²) in [4.78, 5) is 35.5. The molecular formula is C22H22F2N4O6S. The average Bonchev–Trinajstić information content (AvgIpc) is 3.50. The van der Waals surface area contributed by atoms with Gasteiger partial charge in [-0.15, -0.1) is 11.3 Å². The number of aromatic nitrogens is 2. The summed E-state index contributed by atoms with van der Waals surface area (Å²) in [5.41, 5.74) is 1.51. The minimum atomic E-state index is -4.23. The summed E-state index contributed by atoms with van der Waals surface area (Å²) in [6.07, 6.45) is -3.75. The van der Waals surface area contributed by atoms with Gasteiger partial charge in [-0.1, -0.05) is 0 Å². The molecule has 1 N–H and O–H groups in total. The van der Waals surface area contributed by atoms with E-state index in [1.165, 1.54) is 35.3 Å². The van der Waals surface area contributed by atoms with Crippen molar-refractivity contribution in [1.29, 1.82) is 0 Å². The standard InChI is InChI=1S/C22H22F2N4O6S/c1-3-32-19(29)22(23,24)34-15-7-6-14(18-25-11(2)10-35-18)17-16(15)26-20(33-17)27-8-12-4-5-13(9-27)28(12)21(30)31/h6-7,10,12-13H,3-5,8-9H2,1-2H3,(H,30,31). The second-order valence-electron chi connectivity index (χ2n) is 8.40. The topological polar surface area (TPSA) is 118 Å². The number of benzene rings is 1. The summed E-state index contributed by atoms with van der Waals surface area (Å²) in [6.45, 7) is 3.73. The molecule has 2 aliphatic rings. The van der Waals surface area contributed by atoms with Crippen LogP contribution in [0.1, 0.15) is 25.5 Å². The largest absolute Gasteiger partial charge is 0.502 e. The van der Waals surface area contributed by atoms with Gasteiger partial charge in [0.25, 0.3) is 6.01 Å². The molecule has 2 unspecified atom stereocenters. The van der Waals surface area contributed by atoms with Gasteiger partial charge in [-0.25, -0.2) is 14.6 Å². The summed E-state index contributed by atoms with van der Waals surface area (Å²) < 4.78 is 44.1. The lowest BCUT2D eigenvalue weighted by Crippen LogP contribution is -2.55. The highest BCUT2D eigenvalue weighted by Gasteiger charge is 2.46. The van der Waals surface area contributed by atoms with Gasteiger partial charge >= 0.3 is 18.2 Å². The molecule has 0 saturated carbocycles. The number of carboxylic acid groups (broad SMARTS) is 1. The molecule has 4 heterocycles. The summed E-state index contributed by atoms with van der Waals surface area (Å²) in [5.74, 6) is -2.16. The minimum absolute atomic E-state index is 0.00216. The Morgan fingerprint density at radius 3 is 2.57 bits per heavy atom. The fourth-order valence-corrected chi connectivity index (χ4v) is 5.42. The van der Waals surface area contributed by atoms with E-state index in [0.29, 0.717) is 23.7 Å². The van der Waals surface area contributed by atoms with Crippen molar-refractivity contribution < 1.29 is 37.4 Å². The van der Waals surface area contributed by atoms with Crippen LogP contribution in [-0.4, -0.2) is 69.9 Å². The minimum Gasteiger partial charge on any atom is -0.465 e. The lowest BCUT2D eigenvalue weighted by molar-refractivity contribution is -0.216. The Morgan fingerprint density at radius 2 is 1.97 bits per heavy atom. The number of ether oxygens (including phenoxy) is 2. The van der Waals surface area contributed by atoms with Crippen LogP contribution in [0.3, 0.4) is 0 Å². The first-order valence-electron chi connectivity index (χ1n) is 11.0. The molecule has 2 atom stereocenters. The number of hydrogen-bond donors (Lipinski definition) is 1. The number of halogens is 2. The van der Waals surface area contributed by atoms with Crippen LogP contribution in [0.25, 0.3) is 21.7 Å². The Labute approximate surface area is 202 Å². The number of nitrogens with zero attached hydrogens (tertiary/aromatic N) is 4. The number of aryl methyl sites for hydroxylation is 1. The summed E-state index contributed by atoms with van der Waals surface area (Å²) in [7, 11) is 0. The summed E-state index contributed by atoms with van der Waals surface area (Å²) in [5, 5.41) is 12.0. The zero-order chi connectivity index (χ0) is 24.9. The fraction of sp³-hybridized carbons (Fsp3) is 0.455. The molecule has 10 nitrogen and oxygen atoms in total. The van der Waals surface area contributed by atoms with E-state index in [0.717, 1.165) is 18.5 Å². The predicted molar refractivity (Wildman–Crippen MR) is 121 cm³/mol. The first-order chi connectivity index (χ1) is 16.7. The van der Waals surface area contributed by atoms with Gasteiger partial charge in [0.05, 0.1) is 24.3 Å². The molecule has 5 rings (SSSR count). The molecule has 0 spiro atoms. The maximum atomic E-state index is 14.4. The predicted octanol–water partition coefficient (Wildman–Crippen LogP) is 4.13. The van der Waals surface area contributed by atoms with Crippen LogP contribution in [0.2, 0.25) is 0 Å². The highest BCUT2D eigenvalue weighted by Crippen LogP contribution is 2.41. The number of rotatable bonds is 6. The van der Waals surface area contributed by atoms with E-state index in [1.54, 1.807) is 0 Å². The lowest BCUT2D eigenvalue weighted by Gasteiger charge is -2.38. The molecule has 2 fully saturated rings. The third kappa shape index (κ3) is 4.13. The van der Waals surface area contributed by atoms with E-state index < -0.39 is 18.2 Å². The van der Waals surface area contributed by atoms with Gasteiger partial charge in [0, 0.05) is 24.2 Å². The molecule has 13 heteroatoms.